The molecule has 1 aliphatic rings. The van der Waals surface area contributed by atoms with E-state index in [1.165, 1.54) is 16.8 Å². The number of piperazine rings is 1. The third kappa shape index (κ3) is 3.11. The van der Waals surface area contributed by atoms with Gasteiger partial charge in [0.15, 0.2) is 0 Å². The Balaban J connectivity index is 1.76. The second-order valence-electron chi connectivity index (χ2n) is 5.93. The van der Waals surface area contributed by atoms with Crippen LogP contribution in [-0.2, 0) is 0 Å². The third-order valence-electron chi connectivity index (χ3n) is 4.31. The van der Waals surface area contributed by atoms with Gasteiger partial charge in [0.25, 0.3) is 0 Å². The smallest absolute Gasteiger partial charge is 0.357 e. The molecule has 6 heteroatoms. The summed E-state index contributed by atoms with van der Waals surface area (Å²) < 4.78 is 0. The number of aryl methyl sites for hydroxylation is 2. The van der Waals surface area contributed by atoms with Crippen LogP contribution in [0.25, 0.3) is 0 Å². The molecule has 0 bridgehead atoms. The zero-order chi connectivity index (χ0) is 16.4. The maximum Gasteiger partial charge on any atom is 0.357 e. The number of rotatable bonds is 3. The summed E-state index contributed by atoms with van der Waals surface area (Å²) in [6.07, 6.45) is 1.74. The monoisotopic (exact) mass is 313 g/mol. The van der Waals surface area contributed by atoms with E-state index < -0.39 is 0 Å². The van der Waals surface area contributed by atoms with Crippen LogP contribution in [0, 0.1) is 24.0 Å². The first-order valence-electron chi connectivity index (χ1n) is 7.78. The van der Waals surface area contributed by atoms with Crippen molar-refractivity contribution in [2.75, 3.05) is 36.0 Å². The molecular weight excluding hydrogens is 292 g/mol. The maximum absolute atomic E-state index is 11.2. The van der Waals surface area contributed by atoms with E-state index in [2.05, 4.69) is 46.8 Å². The standard InChI is InChI=1S/C17H20N4O2/c1-13-5-6-14(2)16(12-13)19-8-10-20(11-9-19)17-15(21(22)23)4-3-7-18-17/h3-7,12H,8-11H2,1-2H3/p+1. The molecule has 0 radical (unpaired) electrons. The van der Waals surface area contributed by atoms with Gasteiger partial charge < -0.3 is 4.90 Å². The second-order valence-corrected chi connectivity index (χ2v) is 5.93. The highest BCUT2D eigenvalue weighted by molar-refractivity contribution is 5.58. The average Bonchev–Trinajstić information content (AvgIpc) is 2.57. The predicted molar refractivity (Wildman–Crippen MR) is 90.0 cm³/mol. The number of hydrogen-bond donors (Lipinski definition) is 0. The van der Waals surface area contributed by atoms with Gasteiger partial charge in [-0.05, 0) is 37.1 Å². The van der Waals surface area contributed by atoms with Crippen molar-refractivity contribution in [3.63, 3.8) is 0 Å². The molecule has 2 heterocycles. The zero-order valence-electron chi connectivity index (χ0n) is 13.5. The number of nitro groups is 1. The average molecular weight is 313 g/mol. The van der Waals surface area contributed by atoms with Crippen LogP contribution in [0.3, 0.4) is 0 Å². The Bertz CT molecular complexity index is 724. The highest BCUT2D eigenvalue weighted by Crippen LogP contribution is 2.26. The van der Waals surface area contributed by atoms with Crippen LogP contribution < -0.4 is 14.8 Å². The summed E-state index contributed by atoms with van der Waals surface area (Å²) in [6.45, 7) is 7.44. The molecule has 0 aliphatic carbocycles. The van der Waals surface area contributed by atoms with Crippen molar-refractivity contribution in [1.82, 2.24) is 0 Å². The Kier molecular flexibility index (Phi) is 4.14. The first-order valence-corrected chi connectivity index (χ1v) is 7.78. The topological polar surface area (TPSA) is 63.8 Å². The van der Waals surface area contributed by atoms with Crippen LogP contribution in [0.5, 0.6) is 0 Å². The molecule has 3 rings (SSSR count). The lowest BCUT2D eigenvalue weighted by Gasteiger charge is -2.33. The maximum atomic E-state index is 11.2. The third-order valence-corrected chi connectivity index (χ3v) is 4.31. The number of nitrogens with zero attached hydrogens (tertiary/aromatic N) is 3. The minimum absolute atomic E-state index is 0.132. The Hall–Kier alpha value is -2.63. The highest BCUT2D eigenvalue weighted by Gasteiger charge is 2.31. The van der Waals surface area contributed by atoms with Crippen molar-refractivity contribution < 1.29 is 9.91 Å². The van der Waals surface area contributed by atoms with E-state index in [1.807, 2.05) is 0 Å². The van der Waals surface area contributed by atoms with Crippen molar-refractivity contribution >= 4 is 17.2 Å². The van der Waals surface area contributed by atoms with Crippen molar-refractivity contribution in [2.45, 2.75) is 13.8 Å². The van der Waals surface area contributed by atoms with Gasteiger partial charge in [-0.15, -0.1) is 0 Å². The van der Waals surface area contributed by atoms with Crippen LogP contribution in [0.15, 0.2) is 36.5 Å². The van der Waals surface area contributed by atoms with Crippen LogP contribution in [0.4, 0.5) is 17.2 Å². The zero-order valence-corrected chi connectivity index (χ0v) is 13.5. The molecule has 0 atom stereocenters. The van der Waals surface area contributed by atoms with E-state index in [9.17, 15) is 10.1 Å². The molecule has 1 N–H and O–H groups in total. The van der Waals surface area contributed by atoms with Gasteiger partial charge >= 0.3 is 11.5 Å². The Morgan fingerprint density at radius 3 is 2.48 bits per heavy atom. The van der Waals surface area contributed by atoms with Crippen LogP contribution in [0.1, 0.15) is 11.1 Å². The number of nitrogens with one attached hydrogen (secondary N) is 1. The number of H-pyrrole nitrogens is 1. The van der Waals surface area contributed by atoms with Gasteiger partial charge in [-0.2, -0.15) is 0 Å². The van der Waals surface area contributed by atoms with Gasteiger partial charge in [0.1, 0.15) is 13.1 Å². The fourth-order valence-electron chi connectivity index (χ4n) is 3.05. The summed E-state index contributed by atoms with van der Waals surface area (Å²) >= 11 is 0. The van der Waals surface area contributed by atoms with Gasteiger partial charge in [0.05, 0.1) is 24.2 Å². The molecule has 23 heavy (non-hydrogen) atoms. The molecule has 2 aromatic rings. The molecular formula is C17H21N4O2+. The van der Waals surface area contributed by atoms with Gasteiger partial charge in [0.2, 0.25) is 0 Å². The van der Waals surface area contributed by atoms with E-state index in [1.54, 1.807) is 18.3 Å². The second kappa shape index (κ2) is 6.24. The summed E-state index contributed by atoms with van der Waals surface area (Å²) in [5.41, 5.74) is 3.91. The van der Waals surface area contributed by atoms with Crippen LogP contribution in [-0.4, -0.2) is 31.1 Å². The normalized spacial score (nSPS) is 14.9. The first kappa shape index (κ1) is 15.3. The van der Waals surface area contributed by atoms with Crippen LogP contribution in [0.2, 0.25) is 0 Å². The largest absolute Gasteiger partial charge is 0.363 e. The highest BCUT2D eigenvalue weighted by atomic mass is 16.6. The number of anilines is 2. The van der Waals surface area contributed by atoms with Crippen molar-refractivity contribution in [2.24, 2.45) is 0 Å². The van der Waals surface area contributed by atoms with E-state index in [0.717, 1.165) is 26.2 Å². The van der Waals surface area contributed by atoms with E-state index in [4.69, 9.17) is 0 Å². The number of aromatic amines is 1. The summed E-state index contributed by atoms with van der Waals surface area (Å²) in [7, 11) is 0. The number of hydrogen-bond acceptors (Lipinski definition) is 4. The molecule has 1 aromatic carbocycles. The van der Waals surface area contributed by atoms with Crippen LogP contribution >= 0.6 is 0 Å². The predicted octanol–water partition coefficient (Wildman–Crippen LogP) is 2.35. The Labute approximate surface area is 135 Å². The number of aromatic nitrogens is 1. The first-order chi connectivity index (χ1) is 11.1. The van der Waals surface area contributed by atoms with E-state index in [-0.39, 0.29) is 10.6 Å². The Morgan fingerprint density at radius 2 is 1.78 bits per heavy atom. The van der Waals surface area contributed by atoms with Gasteiger partial charge in [-0.1, -0.05) is 12.1 Å². The van der Waals surface area contributed by atoms with Gasteiger partial charge in [-0.25, -0.2) is 4.98 Å². The van der Waals surface area contributed by atoms with Crippen molar-refractivity contribution in [3.8, 4) is 0 Å². The number of pyridine rings is 1. The SMILES string of the molecule is Cc1ccc(C)c(N2CCN(c3[nH+]cccc3[N+](=O)[O-])CC2)c1. The lowest BCUT2D eigenvalue weighted by Crippen LogP contribution is -2.48. The minimum atomic E-state index is -0.330. The summed E-state index contributed by atoms with van der Waals surface area (Å²) in [5.74, 6) is 0.595. The molecule has 0 unspecified atom stereocenters. The molecule has 0 spiro atoms. The quantitative estimate of drug-likeness (QED) is 0.644. The summed E-state index contributed by atoms with van der Waals surface area (Å²) in [5, 5.41) is 11.2. The summed E-state index contributed by atoms with van der Waals surface area (Å²) in [4.78, 5) is 18.3. The van der Waals surface area contributed by atoms with Crippen molar-refractivity contribution in [1.29, 1.82) is 0 Å². The van der Waals surface area contributed by atoms with Gasteiger partial charge in [0, 0.05) is 11.8 Å². The molecule has 0 amide bonds. The fraction of sp³-hybridized carbons (Fsp3) is 0.353. The molecule has 1 aliphatic heterocycles. The molecule has 0 saturated carbocycles. The Morgan fingerprint density at radius 1 is 1.09 bits per heavy atom. The summed E-state index contributed by atoms with van der Waals surface area (Å²) in [6, 6.07) is 9.68. The molecule has 1 saturated heterocycles. The fourth-order valence-corrected chi connectivity index (χ4v) is 3.05. The van der Waals surface area contributed by atoms with E-state index in [0.29, 0.717) is 5.82 Å². The molecule has 120 valence electrons. The molecule has 1 aromatic heterocycles. The molecule has 1 fully saturated rings. The lowest BCUT2D eigenvalue weighted by molar-refractivity contribution is -0.411. The minimum Gasteiger partial charge on any atom is -0.363 e. The van der Waals surface area contributed by atoms with E-state index >= 15 is 0 Å². The lowest BCUT2D eigenvalue weighted by atomic mass is 10.1. The van der Waals surface area contributed by atoms with Gasteiger partial charge in [-0.3, -0.25) is 15.0 Å². The number of benzene rings is 1. The van der Waals surface area contributed by atoms with Crippen molar-refractivity contribution in [3.05, 3.63) is 57.8 Å². The molecule has 6 nitrogen and oxygen atoms in total.